The topological polar surface area (TPSA) is 54.9 Å². The quantitative estimate of drug-likeness (QED) is 0.679. The largest absolute Gasteiger partial charge is 0.329 e. The molecule has 0 saturated carbocycles. The van der Waals surface area contributed by atoms with Gasteiger partial charge in [0.2, 0.25) is 0 Å². The molecule has 1 aromatic carbocycles. The summed E-state index contributed by atoms with van der Waals surface area (Å²) in [6.07, 6.45) is 0. The Labute approximate surface area is 113 Å². The summed E-state index contributed by atoms with van der Waals surface area (Å²) in [7, 11) is 1.39. The van der Waals surface area contributed by atoms with Crippen molar-refractivity contribution in [1.29, 1.82) is 0 Å². The molecular weight excluding hydrogens is 275 g/mol. The van der Waals surface area contributed by atoms with Gasteiger partial charge in [0.05, 0.1) is 5.56 Å². The monoisotopic (exact) mass is 284 g/mol. The van der Waals surface area contributed by atoms with E-state index < -0.39 is 11.2 Å². The lowest BCUT2D eigenvalue weighted by atomic mass is 10.0. The van der Waals surface area contributed by atoms with E-state index in [2.05, 4.69) is 4.98 Å². The maximum Gasteiger partial charge on any atom is 0.329 e. The summed E-state index contributed by atoms with van der Waals surface area (Å²) >= 11 is 11.8. The van der Waals surface area contributed by atoms with Crippen LogP contribution in [0.2, 0.25) is 5.15 Å². The molecule has 4 nitrogen and oxygen atoms in total. The first-order chi connectivity index (χ1) is 8.56. The minimum absolute atomic E-state index is 0.0284. The molecule has 0 aliphatic rings. The van der Waals surface area contributed by atoms with E-state index in [9.17, 15) is 9.59 Å². The number of hydrogen-bond donors (Lipinski definition) is 1. The summed E-state index contributed by atoms with van der Waals surface area (Å²) in [5, 5.41) is 0.0284. The molecule has 0 atom stereocenters. The molecule has 94 valence electrons. The predicted octanol–water partition coefficient (Wildman–Crippen LogP) is 2.13. The third kappa shape index (κ3) is 2.09. The molecule has 1 aromatic heterocycles. The van der Waals surface area contributed by atoms with Gasteiger partial charge in [0.1, 0.15) is 5.15 Å². The Hall–Kier alpha value is -1.52. The van der Waals surface area contributed by atoms with E-state index in [-0.39, 0.29) is 16.6 Å². The molecule has 2 rings (SSSR count). The number of aromatic nitrogens is 2. The maximum atomic E-state index is 12.1. The van der Waals surface area contributed by atoms with Crippen LogP contribution in [-0.2, 0) is 12.9 Å². The van der Waals surface area contributed by atoms with Crippen molar-refractivity contribution in [1.82, 2.24) is 9.55 Å². The van der Waals surface area contributed by atoms with Crippen molar-refractivity contribution in [2.75, 3.05) is 0 Å². The number of hydrogen-bond acceptors (Lipinski definition) is 2. The third-order valence-electron chi connectivity index (χ3n) is 2.69. The van der Waals surface area contributed by atoms with Gasteiger partial charge in [0.25, 0.3) is 5.56 Å². The van der Waals surface area contributed by atoms with Gasteiger partial charge in [-0.25, -0.2) is 4.79 Å². The molecule has 2 aromatic rings. The standard InChI is InChI=1S/C12H10Cl2N2O2/c1-16-11(17)9(10(14)15-12(16)18)8-5-3-2-4-7(8)6-13/h2-5H,6H2,1H3,(H,15,18). The van der Waals surface area contributed by atoms with Crippen LogP contribution in [0.3, 0.4) is 0 Å². The molecule has 0 aliphatic carbocycles. The number of H-pyrrole nitrogens is 1. The second-order valence-electron chi connectivity index (χ2n) is 3.77. The van der Waals surface area contributed by atoms with Gasteiger partial charge in [0.15, 0.2) is 0 Å². The van der Waals surface area contributed by atoms with Crippen LogP contribution < -0.4 is 11.2 Å². The van der Waals surface area contributed by atoms with E-state index >= 15 is 0 Å². The summed E-state index contributed by atoms with van der Waals surface area (Å²) < 4.78 is 0.978. The van der Waals surface area contributed by atoms with Crippen LogP contribution in [-0.4, -0.2) is 9.55 Å². The Morgan fingerprint density at radius 1 is 1.28 bits per heavy atom. The lowest BCUT2D eigenvalue weighted by molar-refractivity contribution is 0.778. The van der Waals surface area contributed by atoms with Crippen LogP contribution in [0, 0.1) is 0 Å². The molecule has 18 heavy (non-hydrogen) atoms. The van der Waals surface area contributed by atoms with E-state index in [0.717, 1.165) is 10.1 Å². The van der Waals surface area contributed by atoms with Crippen molar-refractivity contribution in [3.05, 3.63) is 55.8 Å². The molecule has 0 amide bonds. The second kappa shape index (κ2) is 5.00. The Kier molecular flexibility index (Phi) is 3.59. The fourth-order valence-electron chi connectivity index (χ4n) is 1.71. The molecule has 6 heteroatoms. The van der Waals surface area contributed by atoms with Gasteiger partial charge >= 0.3 is 5.69 Å². The van der Waals surface area contributed by atoms with Gasteiger partial charge in [-0.05, 0) is 11.1 Å². The average Bonchev–Trinajstić information content (AvgIpc) is 2.37. The number of alkyl halides is 1. The Morgan fingerprint density at radius 3 is 2.61 bits per heavy atom. The van der Waals surface area contributed by atoms with E-state index in [1.807, 2.05) is 12.1 Å². The van der Waals surface area contributed by atoms with Crippen molar-refractivity contribution in [3.8, 4) is 11.1 Å². The van der Waals surface area contributed by atoms with Gasteiger partial charge in [-0.2, -0.15) is 0 Å². The minimum atomic E-state index is -0.544. The molecule has 0 aliphatic heterocycles. The Morgan fingerprint density at radius 2 is 1.94 bits per heavy atom. The number of benzene rings is 1. The maximum absolute atomic E-state index is 12.1. The van der Waals surface area contributed by atoms with Crippen LogP contribution in [0.15, 0.2) is 33.9 Å². The summed E-state index contributed by atoms with van der Waals surface area (Å²) in [5.41, 5.74) is 0.688. The van der Waals surface area contributed by atoms with Crippen LogP contribution in [0.25, 0.3) is 11.1 Å². The summed E-state index contributed by atoms with van der Waals surface area (Å²) in [6, 6.07) is 7.17. The smallest absolute Gasteiger partial charge is 0.297 e. The van der Waals surface area contributed by atoms with Crippen molar-refractivity contribution in [3.63, 3.8) is 0 Å². The van der Waals surface area contributed by atoms with Crippen molar-refractivity contribution >= 4 is 23.2 Å². The summed E-state index contributed by atoms with van der Waals surface area (Å²) in [4.78, 5) is 25.9. The van der Waals surface area contributed by atoms with E-state index in [0.29, 0.717) is 5.56 Å². The number of rotatable bonds is 2. The SMILES string of the molecule is Cn1c(=O)[nH]c(Cl)c(-c2ccccc2CCl)c1=O. The molecule has 0 spiro atoms. The molecule has 0 bridgehead atoms. The summed E-state index contributed by atoms with van der Waals surface area (Å²) in [6.45, 7) is 0. The first-order valence-corrected chi connectivity index (χ1v) is 6.10. The Bertz CT molecular complexity index is 704. The molecule has 0 radical (unpaired) electrons. The van der Waals surface area contributed by atoms with Gasteiger partial charge in [0, 0.05) is 12.9 Å². The number of nitrogens with zero attached hydrogens (tertiary/aromatic N) is 1. The van der Waals surface area contributed by atoms with E-state index in [1.165, 1.54) is 7.05 Å². The van der Waals surface area contributed by atoms with Gasteiger partial charge in [-0.15, -0.1) is 11.6 Å². The molecule has 0 fully saturated rings. The number of nitrogens with one attached hydrogen (secondary N) is 1. The average molecular weight is 285 g/mol. The van der Waals surface area contributed by atoms with Crippen LogP contribution in [0.1, 0.15) is 5.56 Å². The third-order valence-corrected chi connectivity index (χ3v) is 3.26. The molecule has 1 heterocycles. The normalized spacial score (nSPS) is 10.6. The van der Waals surface area contributed by atoms with Gasteiger partial charge in [-0.1, -0.05) is 35.9 Å². The molecule has 0 unspecified atom stereocenters. The highest BCUT2D eigenvalue weighted by atomic mass is 35.5. The van der Waals surface area contributed by atoms with Crippen molar-refractivity contribution in [2.45, 2.75) is 5.88 Å². The zero-order valence-electron chi connectivity index (χ0n) is 9.54. The van der Waals surface area contributed by atoms with Crippen LogP contribution >= 0.6 is 23.2 Å². The fourth-order valence-corrected chi connectivity index (χ4v) is 2.20. The van der Waals surface area contributed by atoms with E-state index in [4.69, 9.17) is 23.2 Å². The van der Waals surface area contributed by atoms with Crippen LogP contribution in [0.5, 0.6) is 0 Å². The highest BCUT2D eigenvalue weighted by Crippen LogP contribution is 2.26. The van der Waals surface area contributed by atoms with Gasteiger partial charge in [-0.3, -0.25) is 14.3 Å². The zero-order chi connectivity index (χ0) is 13.3. The van der Waals surface area contributed by atoms with E-state index in [1.54, 1.807) is 12.1 Å². The fraction of sp³-hybridized carbons (Fsp3) is 0.167. The highest BCUT2D eigenvalue weighted by molar-refractivity contribution is 6.32. The van der Waals surface area contributed by atoms with Crippen LogP contribution in [0.4, 0.5) is 0 Å². The highest BCUT2D eigenvalue weighted by Gasteiger charge is 2.15. The lowest BCUT2D eigenvalue weighted by Gasteiger charge is -2.09. The molecular formula is C12H10Cl2N2O2. The zero-order valence-corrected chi connectivity index (χ0v) is 11.0. The first kappa shape index (κ1) is 12.9. The number of aromatic amines is 1. The van der Waals surface area contributed by atoms with Gasteiger partial charge < -0.3 is 0 Å². The molecule has 1 N–H and O–H groups in total. The predicted molar refractivity (Wildman–Crippen MR) is 72.3 cm³/mol. The number of halogens is 2. The second-order valence-corrected chi connectivity index (χ2v) is 4.42. The first-order valence-electron chi connectivity index (χ1n) is 5.19. The lowest BCUT2D eigenvalue weighted by Crippen LogP contribution is -2.33. The minimum Gasteiger partial charge on any atom is -0.297 e. The molecule has 0 saturated heterocycles. The Balaban J connectivity index is 2.84. The summed E-state index contributed by atoms with van der Waals surface area (Å²) in [5.74, 6) is 0.259. The van der Waals surface area contributed by atoms with Crippen molar-refractivity contribution < 1.29 is 0 Å². The van der Waals surface area contributed by atoms with Crippen molar-refractivity contribution in [2.24, 2.45) is 7.05 Å².